The maximum atomic E-state index is 12.4. The van der Waals surface area contributed by atoms with Gasteiger partial charge < -0.3 is 15.0 Å². The lowest BCUT2D eigenvalue weighted by molar-refractivity contribution is -0.131. The lowest BCUT2D eigenvalue weighted by Gasteiger charge is -2.28. The van der Waals surface area contributed by atoms with Crippen LogP contribution in [0.2, 0.25) is 0 Å². The summed E-state index contributed by atoms with van der Waals surface area (Å²) < 4.78 is 5.29. The Bertz CT molecular complexity index is 821. The van der Waals surface area contributed by atoms with E-state index in [4.69, 9.17) is 4.74 Å². The molecule has 0 aromatic heterocycles. The van der Waals surface area contributed by atoms with Crippen LogP contribution in [0.1, 0.15) is 11.1 Å². The minimum Gasteiger partial charge on any atom is -0.496 e. The topological polar surface area (TPSA) is 58.6 Å². The monoisotopic (exact) mass is 368 g/mol. The van der Waals surface area contributed by atoms with Crippen molar-refractivity contribution >= 4 is 29.3 Å². The Kier molecular flexibility index (Phi) is 5.96. The van der Waals surface area contributed by atoms with Crippen molar-refractivity contribution in [3.63, 3.8) is 0 Å². The van der Waals surface area contributed by atoms with E-state index >= 15 is 0 Å². The molecule has 0 bridgehead atoms. The van der Waals surface area contributed by atoms with Crippen LogP contribution in [0.5, 0.6) is 5.75 Å². The molecular formula is C20H20N2O3S. The Labute approximate surface area is 157 Å². The average molecular weight is 368 g/mol. The number of nitrogens with zero attached hydrogens (tertiary/aromatic N) is 1. The quantitative estimate of drug-likeness (QED) is 0.852. The molecular weight excluding hydrogens is 348 g/mol. The zero-order chi connectivity index (χ0) is 18.4. The number of nitrogens with one attached hydrogen (secondary N) is 1. The van der Waals surface area contributed by atoms with Crippen molar-refractivity contribution in [2.24, 2.45) is 0 Å². The number of para-hydroxylation sites is 1. The number of benzene rings is 2. The third-order valence-corrected chi connectivity index (χ3v) is 4.84. The molecule has 1 N–H and O–H groups in total. The molecule has 2 amide bonds. The van der Waals surface area contributed by atoms with E-state index in [0.29, 0.717) is 12.3 Å². The van der Waals surface area contributed by atoms with E-state index < -0.39 is 0 Å². The fourth-order valence-electron chi connectivity index (χ4n) is 2.72. The summed E-state index contributed by atoms with van der Waals surface area (Å²) in [6.07, 6.45) is 0. The molecule has 0 aliphatic carbocycles. The Morgan fingerprint density at radius 3 is 2.65 bits per heavy atom. The molecule has 1 aliphatic heterocycles. The first-order chi connectivity index (χ1) is 12.7. The average Bonchev–Trinajstić information content (AvgIpc) is 2.69. The number of rotatable bonds is 6. The molecule has 1 aliphatic rings. The molecule has 0 radical (unpaired) electrons. The largest absolute Gasteiger partial charge is 0.496 e. The summed E-state index contributed by atoms with van der Waals surface area (Å²) in [7, 11) is 1.60. The van der Waals surface area contributed by atoms with E-state index in [9.17, 15) is 9.59 Å². The van der Waals surface area contributed by atoms with Gasteiger partial charge in [-0.1, -0.05) is 48.5 Å². The predicted octanol–water partition coefficient (Wildman–Crippen LogP) is 2.89. The Morgan fingerprint density at radius 2 is 1.88 bits per heavy atom. The fraction of sp³-hybridized carbons (Fsp3) is 0.200. The van der Waals surface area contributed by atoms with Crippen LogP contribution in [0.25, 0.3) is 5.70 Å². The summed E-state index contributed by atoms with van der Waals surface area (Å²) in [5, 5.41) is 4.80. The summed E-state index contributed by atoms with van der Waals surface area (Å²) in [6.45, 7) is 0.347. The Hall–Kier alpha value is -2.73. The Morgan fingerprint density at radius 1 is 1.15 bits per heavy atom. The predicted molar refractivity (Wildman–Crippen MR) is 103 cm³/mol. The second-order valence-corrected chi connectivity index (χ2v) is 6.61. The first-order valence-electron chi connectivity index (χ1n) is 8.25. The molecule has 0 saturated carbocycles. The lowest BCUT2D eigenvalue weighted by atomic mass is 10.1. The molecule has 5 nitrogen and oxygen atoms in total. The highest BCUT2D eigenvalue weighted by atomic mass is 32.2. The van der Waals surface area contributed by atoms with Crippen molar-refractivity contribution in [3.05, 3.63) is 71.1 Å². The number of methoxy groups -OCH3 is 1. The highest BCUT2D eigenvalue weighted by Gasteiger charge is 2.25. The minimum atomic E-state index is -0.210. The molecule has 6 heteroatoms. The number of hydrogen-bond acceptors (Lipinski definition) is 4. The van der Waals surface area contributed by atoms with Crippen LogP contribution >= 0.6 is 11.8 Å². The van der Waals surface area contributed by atoms with E-state index in [1.54, 1.807) is 12.0 Å². The number of carbonyl (C=O) groups is 2. The van der Waals surface area contributed by atoms with Crippen LogP contribution in [0.3, 0.4) is 0 Å². The molecule has 0 unspecified atom stereocenters. The highest BCUT2D eigenvalue weighted by molar-refractivity contribution is 8.03. The van der Waals surface area contributed by atoms with Crippen molar-refractivity contribution in [2.45, 2.75) is 6.54 Å². The van der Waals surface area contributed by atoms with Crippen LogP contribution in [0.4, 0.5) is 0 Å². The maximum Gasteiger partial charge on any atom is 0.240 e. The van der Waals surface area contributed by atoms with Gasteiger partial charge in [0.25, 0.3) is 0 Å². The van der Waals surface area contributed by atoms with Gasteiger partial charge in [0.2, 0.25) is 11.8 Å². The standard InChI is InChI=1S/C20H20N2O3S/c1-25-18-10-6-5-9-16(18)11-21-19(23)12-22-17(13-26-14-20(22)24)15-7-3-2-4-8-15/h2-10,13H,11-12,14H2,1H3,(H,21,23). The molecule has 0 atom stereocenters. The smallest absolute Gasteiger partial charge is 0.240 e. The van der Waals surface area contributed by atoms with Crippen molar-refractivity contribution in [3.8, 4) is 5.75 Å². The summed E-state index contributed by atoms with van der Waals surface area (Å²) in [5.41, 5.74) is 2.58. The zero-order valence-electron chi connectivity index (χ0n) is 14.5. The van der Waals surface area contributed by atoms with Crippen LogP contribution in [-0.2, 0) is 16.1 Å². The van der Waals surface area contributed by atoms with Gasteiger partial charge in [-0.2, -0.15) is 0 Å². The van der Waals surface area contributed by atoms with Crippen molar-refractivity contribution in [1.29, 1.82) is 0 Å². The van der Waals surface area contributed by atoms with Gasteiger partial charge in [-0.3, -0.25) is 9.59 Å². The second-order valence-electron chi connectivity index (χ2n) is 5.75. The van der Waals surface area contributed by atoms with Gasteiger partial charge in [0.05, 0.1) is 18.6 Å². The van der Waals surface area contributed by atoms with Gasteiger partial charge in [-0.25, -0.2) is 0 Å². The normalized spacial score (nSPS) is 14.0. The van der Waals surface area contributed by atoms with E-state index in [1.807, 2.05) is 60.0 Å². The third kappa shape index (κ3) is 4.26. The molecule has 0 saturated heterocycles. The van der Waals surface area contributed by atoms with Gasteiger partial charge in [0, 0.05) is 12.1 Å². The lowest BCUT2D eigenvalue weighted by Crippen LogP contribution is -2.41. The number of hydrogen-bond donors (Lipinski definition) is 1. The van der Waals surface area contributed by atoms with Crippen LogP contribution < -0.4 is 10.1 Å². The van der Waals surface area contributed by atoms with Gasteiger partial charge >= 0.3 is 0 Å². The maximum absolute atomic E-state index is 12.4. The van der Waals surface area contributed by atoms with E-state index in [1.165, 1.54) is 11.8 Å². The minimum absolute atomic E-state index is 0.00469. The molecule has 2 aromatic carbocycles. The number of thioether (sulfide) groups is 1. The summed E-state index contributed by atoms with van der Waals surface area (Å²) in [5.74, 6) is 0.792. The molecule has 134 valence electrons. The summed E-state index contributed by atoms with van der Waals surface area (Å²) in [6, 6.07) is 17.2. The molecule has 2 aromatic rings. The highest BCUT2D eigenvalue weighted by Crippen LogP contribution is 2.27. The first kappa shape index (κ1) is 18.1. The fourth-order valence-corrected chi connectivity index (χ4v) is 3.52. The van der Waals surface area contributed by atoms with Gasteiger partial charge in [0.1, 0.15) is 12.3 Å². The van der Waals surface area contributed by atoms with Crippen molar-refractivity contribution in [2.75, 3.05) is 19.4 Å². The third-order valence-electron chi connectivity index (χ3n) is 4.03. The number of ether oxygens (including phenoxy) is 1. The summed E-state index contributed by atoms with van der Waals surface area (Å²) >= 11 is 1.45. The Balaban J connectivity index is 1.68. The van der Waals surface area contributed by atoms with Gasteiger partial charge in [-0.05, 0) is 17.0 Å². The van der Waals surface area contributed by atoms with Crippen molar-refractivity contribution < 1.29 is 14.3 Å². The van der Waals surface area contributed by atoms with Crippen LogP contribution in [0, 0.1) is 0 Å². The van der Waals surface area contributed by atoms with Crippen LogP contribution in [0.15, 0.2) is 60.0 Å². The molecule has 1 heterocycles. The molecule has 26 heavy (non-hydrogen) atoms. The number of amides is 2. The first-order valence-corrected chi connectivity index (χ1v) is 9.30. The molecule has 0 fully saturated rings. The molecule has 3 rings (SSSR count). The van der Waals surface area contributed by atoms with Crippen LogP contribution in [-0.4, -0.2) is 36.1 Å². The SMILES string of the molecule is COc1ccccc1CNC(=O)CN1C(=O)CSC=C1c1ccccc1. The van der Waals surface area contributed by atoms with Gasteiger partial charge in [0.15, 0.2) is 0 Å². The van der Waals surface area contributed by atoms with E-state index in [2.05, 4.69) is 5.32 Å². The van der Waals surface area contributed by atoms with E-state index in [-0.39, 0.29) is 18.4 Å². The van der Waals surface area contributed by atoms with E-state index in [0.717, 1.165) is 22.6 Å². The van der Waals surface area contributed by atoms with Gasteiger partial charge in [-0.15, -0.1) is 11.8 Å². The summed E-state index contributed by atoms with van der Waals surface area (Å²) in [4.78, 5) is 26.3. The second kappa shape index (κ2) is 8.58. The number of carbonyl (C=O) groups excluding carboxylic acids is 2. The molecule has 0 spiro atoms. The van der Waals surface area contributed by atoms with Crippen molar-refractivity contribution in [1.82, 2.24) is 10.2 Å². The zero-order valence-corrected chi connectivity index (χ0v) is 15.3.